The van der Waals surface area contributed by atoms with Crippen molar-refractivity contribution < 1.29 is 6.85 Å². The van der Waals surface area contributed by atoms with Gasteiger partial charge in [-0.3, -0.25) is 4.57 Å². The van der Waals surface area contributed by atoms with Gasteiger partial charge in [0.15, 0.2) is 0 Å². The highest BCUT2D eigenvalue weighted by molar-refractivity contribution is 6.21. The van der Waals surface area contributed by atoms with Crippen LogP contribution < -0.4 is 0 Å². The van der Waals surface area contributed by atoms with Crippen molar-refractivity contribution in [2.75, 3.05) is 0 Å². The maximum Gasteiger partial charge on any atom is 0.146 e. The normalized spacial score (nSPS) is 12.9. The van der Waals surface area contributed by atoms with E-state index in [0.29, 0.717) is 16.9 Å². The number of aromatic nitrogens is 2. The molecule has 9 aromatic rings. The standard InChI is InChI=1S/C45H30N2/c1-4-16-31(17-5-1)33-28-34(32-18-6-2-7-19-32)30-35(29-33)43-37-22-10-12-24-39(37)44(40-25-13-11-23-38(40)43)45-46-41-26-14-15-27-42(41)47(45)36-20-8-3-9-21-36/h1-30H/i3D,8D,9D,20D,21D. The number of para-hydroxylation sites is 3. The summed E-state index contributed by atoms with van der Waals surface area (Å²) in [6.07, 6.45) is 0. The minimum absolute atomic E-state index is 0.0648. The summed E-state index contributed by atoms with van der Waals surface area (Å²) in [5, 5.41) is 3.90. The van der Waals surface area contributed by atoms with Crippen molar-refractivity contribution >= 4 is 32.6 Å². The van der Waals surface area contributed by atoms with Crippen molar-refractivity contribution in [1.82, 2.24) is 9.55 Å². The molecule has 0 unspecified atom stereocenters. The highest BCUT2D eigenvalue weighted by atomic mass is 15.1. The molecule has 2 nitrogen and oxygen atoms in total. The van der Waals surface area contributed by atoms with Gasteiger partial charge in [0.1, 0.15) is 5.82 Å². The summed E-state index contributed by atoms with van der Waals surface area (Å²) in [4.78, 5) is 5.16. The lowest BCUT2D eigenvalue weighted by molar-refractivity contribution is 1.11. The van der Waals surface area contributed by atoms with Gasteiger partial charge >= 0.3 is 0 Å². The highest BCUT2D eigenvalue weighted by Crippen LogP contribution is 2.46. The average molecular weight is 604 g/mol. The average Bonchev–Trinajstić information content (AvgIpc) is 3.57. The molecule has 220 valence electrons. The van der Waals surface area contributed by atoms with Crippen molar-refractivity contribution in [2.45, 2.75) is 0 Å². The molecule has 0 saturated heterocycles. The van der Waals surface area contributed by atoms with Gasteiger partial charge in [-0.2, -0.15) is 0 Å². The van der Waals surface area contributed by atoms with Gasteiger partial charge in [-0.15, -0.1) is 0 Å². The maximum absolute atomic E-state index is 8.98. The van der Waals surface area contributed by atoms with Crippen LogP contribution in [0.15, 0.2) is 182 Å². The quantitative estimate of drug-likeness (QED) is 0.179. The number of hydrogen-bond acceptors (Lipinski definition) is 1. The molecule has 0 fully saturated rings. The Morgan fingerprint density at radius 2 is 0.894 bits per heavy atom. The first kappa shape index (κ1) is 22.3. The predicted molar refractivity (Wildman–Crippen MR) is 198 cm³/mol. The summed E-state index contributed by atoms with van der Waals surface area (Å²) in [7, 11) is 0. The third-order valence-electron chi connectivity index (χ3n) is 8.86. The van der Waals surface area contributed by atoms with Crippen molar-refractivity contribution in [1.29, 1.82) is 0 Å². The molecular weight excluding hydrogens is 569 g/mol. The lowest BCUT2D eigenvalue weighted by atomic mass is 9.86. The van der Waals surface area contributed by atoms with E-state index in [1.54, 1.807) is 4.57 Å². The molecule has 0 saturated carbocycles. The monoisotopic (exact) mass is 603 g/mol. The Hall–Kier alpha value is -6.25. The largest absolute Gasteiger partial charge is 0.292 e. The van der Waals surface area contributed by atoms with Gasteiger partial charge in [0.25, 0.3) is 0 Å². The SMILES string of the molecule is [2H]c1c([2H])c([2H])c(-n2c(-c3c4ccccc4c(-c4cc(-c5ccccc5)cc(-c5ccccc5)c4)c4ccccc34)nc3ccccc32)c([2H])c1[2H]. The summed E-state index contributed by atoms with van der Waals surface area (Å²) >= 11 is 0. The van der Waals surface area contributed by atoms with Gasteiger partial charge in [-0.25, -0.2) is 4.98 Å². The second kappa shape index (κ2) is 11.3. The molecule has 1 aromatic heterocycles. The first-order chi connectivity index (χ1) is 25.4. The molecular formula is C45H30N2. The van der Waals surface area contributed by atoms with E-state index in [1.165, 1.54) is 0 Å². The van der Waals surface area contributed by atoms with Gasteiger partial charge in [0, 0.05) is 11.3 Å². The first-order valence-electron chi connectivity index (χ1n) is 18.2. The maximum atomic E-state index is 8.98. The fraction of sp³-hybridized carbons (Fsp3) is 0. The van der Waals surface area contributed by atoms with E-state index in [4.69, 9.17) is 11.8 Å². The Bertz CT molecular complexity index is 2700. The van der Waals surface area contributed by atoms with Crippen LogP contribution in [-0.4, -0.2) is 9.55 Å². The van der Waals surface area contributed by atoms with E-state index in [-0.39, 0.29) is 17.8 Å². The highest BCUT2D eigenvalue weighted by Gasteiger charge is 2.22. The molecule has 0 aliphatic carbocycles. The number of hydrogen-bond donors (Lipinski definition) is 0. The minimum Gasteiger partial charge on any atom is -0.292 e. The van der Waals surface area contributed by atoms with Crippen molar-refractivity contribution in [3.63, 3.8) is 0 Å². The second-order valence-corrected chi connectivity index (χ2v) is 11.6. The Kier molecular flexibility index (Phi) is 5.35. The van der Waals surface area contributed by atoms with E-state index >= 15 is 0 Å². The zero-order valence-electron chi connectivity index (χ0n) is 30.3. The second-order valence-electron chi connectivity index (χ2n) is 11.6. The molecule has 1 heterocycles. The summed E-state index contributed by atoms with van der Waals surface area (Å²) in [5.74, 6) is 0.502. The molecule has 0 atom stereocenters. The summed E-state index contributed by atoms with van der Waals surface area (Å²) in [6, 6.07) is 49.9. The smallest absolute Gasteiger partial charge is 0.146 e. The topological polar surface area (TPSA) is 17.8 Å². The van der Waals surface area contributed by atoms with Crippen LogP contribution in [-0.2, 0) is 0 Å². The number of rotatable bonds is 5. The molecule has 0 radical (unpaired) electrons. The van der Waals surface area contributed by atoms with Crippen LogP contribution in [0.3, 0.4) is 0 Å². The van der Waals surface area contributed by atoms with Gasteiger partial charge in [-0.1, -0.05) is 139 Å². The first-order valence-corrected chi connectivity index (χ1v) is 15.7. The van der Waals surface area contributed by atoms with Crippen molar-refractivity contribution in [3.8, 4) is 50.5 Å². The van der Waals surface area contributed by atoms with E-state index in [1.807, 2.05) is 60.7 Å². The van der Waals surface area contributed by atoms with Crippen LogP contribution in [0.4, 0.5) is 0 Å². The molecule has 0 aliphatic heterocycles. The minimum atomic E-state index is -0.433. The van der Waals surface area contributed by atoms with Crippen LogP contribution in [0, 0.1) is 0 Å². The third kappa shape index (κ3) is 4.62. The fourth-order valence-corrected chi connectivity index (χ4v) is 6.82. The summed E-state index contributed by atoms with van der Waals surface area (Å²) < 4.78 is 45.0. The lowest BCUT2D eigenvalue weighted by Gasteiger charge is -2.19. The van der Waals surface area contributed by atoms with Crippen molar-refractivity contribution in [3.05, 3.63) is 182 Å². The molecule has 0 aliphatic rings. The number of benzene rings is 8. The van der Waals surface area contributed by atoms with Gasteiger partial charge in [0.05, 0.1) is 17.9 Å². The molecule has 0 spiro atoms. The zero-order valence-corrected chi connectivity index (χ0v) is 25.3. The van der Waals surface area contributed by atoms with Gasteiger partial charge in [0.2, 0.25) is 0 Å². The van der Waals surface area contributed by atoms with E-state index in [9.17, 15) is 0 Å². The van der Waals surface area contributed by atoms with Gasteiger partial charge < -0.3 is 0 Å². The summed E-state index contributed by atoms with van der Waals surface area (Å²) in [6.45, 7) is 0. The molecule has 8 aromatic carbocycles. The molecule has 9 rings (SSSR count). The molecule has 0 bridgehead atoms. The van der Waals surface area contributed by atoms with Crippen molar-refractivity contribution in [2.24, 2.45) is 0 Å². The predicted octanol–water partition coefficient (Wildman–Crippen LogP) is 12.0. The summed E-state index contributed by atoms with van der Waals surface area (Å²) in [5.41, 5.74) is 8.80. The Morgan fingerprint density at radius 3 is 1.47 bits per heavy atom. The van der Waals surface area contributed by atoms with E-state index < -0.39 is 18.1 Å². The molecule has 2 heteroatoms. The molecule has 47 heavy (non-hydrogen) atoms. The van der Waals surface area contributed by atoms with Crippen LogP contribution in [0.2, 0.25) is 0 Å². The van der Waals surface area contributed by atoms with Crippen LogP contribution in [0.1, 0.15) is 6.85 Å². The van der Waals surface area contributed by atoms with E-state index in [0.717, 1.165) is 60.5 Å². The molecule has 0 amide bonds. The van der Waals surface area contributed by atoms with E-state index in [2.05, 4.69) is 91.0 Å². The van der Waals surface area contributed by atoms with Crippen LogP contribution in [0.25, 0.3) is 83.0 Å². The Labute approximate surface area is 280 Å². The number of fused-ring (bicyclic) bond motifs is 3. The van der Waals surface area contributed by atoms with Crippen LogP contribution in [0.5, 0.6) is 0 Å². The Balaban J connectivity index is 1.41. The Morgan fingerprint density at radius 1 is 0.426 bits per heavy atom. The lowest BCUT2D eigenvalue weighted by Crippen LogP contribution is -1.99. The fourth-order valence-electron chi connectivity index (χ4n) is 6.82. The van der Waals surface area contributed by atoms with Crippen LogP contribution >= 0.6 is 0 Å². The molecule has 0 N–H and O–H groups in total. The zero-order chi connectivity index (χ0) is 35.5. The van der Waals surface area contributed by atoms with Gasteiger partial charge in [-0.05, 0) is 97.3 Å². The number of imidazole rings is 1. The number of nitrogens with zero attached hydrogens (tertiary/aromatic N) is 2. The third-order valence-corrected chi connectivity index (χ3v) is 8.86.